The minimum atomic E-state index is -5.75. The number of aliphatic hydroxyl groups excluding tert-OH is 5. The zero-order valence-electron chi connectivity index (χ0n) is 20.1. The monoisotopic (exact) mass is 604 g/mol. The fourth-order valence-electron chi connectivity index (χ4n) is 4.23. The van der Waals surface area contributed by atoms with Gasteiger partial charge in [0.25, 0.3) is 13.4 Å². The first-order valence-corrected chi connectivity index (χ1v) is 14.3. The normalized spacial score (nSPS) is 36.2. The smallest absolute Gasteiger partial charge is 0.478 e. The van der Waals surface area contributed by atoms with Gasteiger partial charge >= 0.3 is 13.5 Å². The predicted octanol–water partition coefficient (Wildman–Crippen LogP) is -4.62. The fraction of sp³-hybridized carbons (Fsp3) is 0.722. The van der Waals surface area contributed by atoms with E-state index in [1.165, 1.54) is 0 Å². The van der Waals surface area contributed by atoms with Crippen LogP contribution in [0.5, 0.6) is 0 Å². The average molecular weight is 604 g/mol. The van der Waals surface area contributed by atoms with E-state index >= 15 is 0 Å². The number of nitrogens with one attached hydrogen (secondary N) is 2. The number of H-pyrrole nitrogens is 1. The minimum Gasteiger partial charge on any atom is -0.756 e. The summed E-state index contributed by atoms with van der Waals surface area (Å²) in [6.45, 7) is -0.694. The molecular weight excluding hydrogens is 576 g/mol. The Hall–Kier alpha value is -1.83. The van der Waals surface area contributed by atoms with Gasteiger partial charge in [-0.25, -0.2) is 13.7 Å². The first-order valence-electron chi connectivity index (χ1n) is 11.3. The Morgan fingerprint density at radius 1 is 1.21 bits per heavy atom. The van der Waals surface area contributed by atoms with E-state index in [0.717, 1.165) is 23.8 Å². The molecule has 222 valence electrons. The molecular formula is C18H28N3O16P2-. The highest BCUT2D eigenvalue weighted by atomic mass is 31.3. The van der Waals surface area contributed by atoms with E-state index in [4.69, 9.17) is 9.26 Å². The molecule has 21 heteroatoms. The van der Waals surface area contributed by atoms with Crippen molar-refractivity contribution >= 4 is 21.6 Å². The molecule has 8 N–H and O–H groups in total. The molecule has 39 heavy (non-hydrogen) atoms. The van der Waals surface area contributed by atoms with Crippen LogP contribution in [0.4, 0.5) is 0 Å². The van der Waals surface area contributed by atoms with E-state index in [2.05, 4.69) is 14.2 Å². The number of carbonyl (C=O) groups excluding carboxylic acids is 1. The van der Waals surface area contributed by atoms with E-state index in [-0.39, 0.29) is 0 Å². The van der Waals surface area contributed by atoms with Gasteiger partial charge in [-0.05, 0) is 6.42 Å². The summed E-state index contributed by atoms with van der Waals surface area (Å²) >= 11 is 0. The second-order valence-corrected chi connectivity index (χ2v) is 11.8. The van der Waals surface area contributed by atoms with Crippen molar-refractivity contribution in [2.45, 2.75) is 62.2 Å². The molecule has 1 saturated carbocycles. The standard InChI is InChI=1S/C18H29N3O16P2/c1-7(23)19-12-9(4-8(5-22)13(25)15(12)27)36-39(32,33)37-38(30,31)34-6-10-14(26)16(28)17(35-10)21-3-2-11(24)20-18(21)29/h2-3,8-10,12-17,22,25-28H,4-6H2,1H3,(H,19,23)(H,30,31)(H,32,33)(H,20,24,29)/p-1/t8?,9-,10?,12?,13-,14+,15-,16?,17?/m1/s1. The molecule has 2 fully saturated rings. The van der Waals surface area contributed by atoms with Crippen molar-refractivity contribution in [2.75, 3.05) is 13.2 Å². The van der Waals surface area contributed by atoms with Crippen LogP contribution in [0.25, 0.3) is 0 Å². The first-order chi connectivity index (χ1) is 18.0. The van der Waals surface area contributed by atoms with Crippen LogP contribution in [0.15, 0.2) is 21.9 Å². The van der Waals surface area contributed by atoms with Gasteiger partial charge in [0, 0.05) is 31.7 Å². The van der Waals surface area contributed by atoms with Gasteiger partial charge in [0.15, 0.2) is 6.23 Å². The number of rotatable bonds is 10. The number of ether oxygens (including phenoxy) is 1. The summed E-state index contributed by atoms with van der Waals surface area (Å²) < 4.78 is 44.2. The number of aromatic nitrogens is 2. The molecule has 0 bridgehead atoms. The van der Waals surface area contributed by atoms with Gasteiger partial charge in [-0.15, -0.1) is 0 Å². The molecule has 19 nitrogen and oxygen atoms in total. The second kappa shape index (κ2) is 12.4. The Bertz CT molecular complexity index is 1240. The van der Waals surface area contributed by atoms with Crippen molar-refractivity contribution in [2.24, 2.45) is 5.92 Å². The lowest BCUT2D eigenvalue weighted by Gasteiger charge is -2.43. The summed E-state index contributed by atoms with van der Waals surface area (Å²) in [5.41, 5.74) is -1.75. The van der Waals surface area contributed by atoms with E-state index in [1.54, 1.807) is 0 Å². The number of phosphoric acid groups is 2. The van der Waals surface area contributed by atoms with Crippen LogP contribution in [0.1, 0.15) is 19.6 Å². The van der Waals surface area contributed by atoms with Crippen molar-refractivity contribution in [3.8, 4) is 0 Å². The maximum Gasteiger partial charge on any atom is 0.478 e. The summed E-state index contributed by atoms with van der Waals surface area (Å²) in [6.07, 6.45) is -11.1. The van der Waals surface area contributed by atoms with Gasteiger partial charge in [0.2, 0.25) is 5.91 Å². The highest BCUT2D eigenvalue weighted by Gasteiger charge is 2.47. The number of hydrogen-bond acceptors (Lipinski definition) is 15. The molecule has 3 rings (SSSR count). The Morgan fingerprint density at radius 3 is 2.46 bits per heavy atom. The maximum atomic E-state index is 12.4. The number of hydrogen-bond donors (Lipinski definition) is 8. The van der Waals surface area contributed by atoms with Gasteiger partial charge in [0.05, 0.1) is 24.9 Å². The summed E-state index contributed by atoms with van der Waals surface area (Å²) in [5, 5.41) is 52.3. The largest absolute Gasteiger partial charge is 0.756 e. The minimum absolute atomic E-state index is 0.419. The van der Waals surface area contributed by atoms with Gasteiger partial charge in [-0.3, -0.25) is 28.2 Å². The Balaban J connectivity index is 1.66. The Kier molecular flexibility index (Phi) is 10.0. The van der Waals surface area contributed by atoms with Crippen LogP contribution in [0.2, 0.25) is 0 Å². The van der Waals surface area contributed by atoms with Crippen molar-refractivity contribution < 1.29 is 67.3 Å². The lowest BCUT2D eigenvalue weighted by molar-refractivity contribution is -0.229. The molecule has 0 spiro atoms. The van der Waals surface area contributed by atoms with Gasteiger partial charge in [0.1, 0.15) is 24.4 Å². The first kappa shape index (κ1) is 31.7. The van der Waals surface area contributed by atoms with Gasteiger partial charge in [-0.2, -0.15) is 0 Å². The van der Waals surface area contributed by atoms with Gasteiger partial charge in [-0.1, -0.05) is 0 Å². The van der Waals surface area contributed by atoms with Crippen LogP contribution in [-0.4, -0.2) is 102 Å². The predicted molar refractivity (Wildman–Crippen MR) is 121 cm³/mol. The number of amides is 1. The van der Waals surface area contributed by atoms with Crippen LogP contribution in [0, 0.1) is 5.92 Å². The number of aliphatic hydroxyl groups is 5. The number of phosphoric ester groups is 2. The average Bonchev–Trinajstić information content (AvgIpc) is 3.10. The highest BCUT2D eigenvalue weighted by Crippen LogP contribution is 2.59. The van der Waals surface area contributed by atoms with E-state index < -0.39 is 107 Å². The van der Waals surface area contributed by atoms with Crippen LogP contribution in [-0.2, 0) is 32.0 Å². The Morgan fingerprint density at radius 2 is 1.87 bits per heavy atom. The topological polar surface area (TPSA) is 299 Å². The highest BCUT2D eigenvalue weighted by molar-refractivity contribution is 7.60. The lowest BCUT2D eigenvalue weighted by Crippen LogP contribution is -2.61. The molecule has 0 radical (unpaired) electrons. The molecule has 2 aliphatic rings. The summed E-state index contributed by atoms with van der Waals surface area (Å²) in [4.78, 5) is 58.9. The zero-order chi connectivity index (χ0) is 29.3. The molecule has 1 aromatic heterocycles. The Labute approximate surface area is 218 Å². The molecule has 1 saturated heterocycles. The SMILES string of the molecule is CC(=O)NC1[C@@H](O)[C@H](O)C(CO)C[C@H]1OP(=O)([O-])OP(=O)(O)OCC1OC(n2ccc(=O)[nH]c2=O)C(O)[C@H]1O. The van der Waals surface area contributed by atoms with Crippen molar-refractivity contribution in [3.05, 3.63) is 33.1 Å². The molecule has 7 unspecified atom stereocenters. The van der Waals surface area contributed by atoms with Crippen LogP contribution in [0.3, 0.4) is 0 Å². The summed E-state index contributed by atoms with van der Waals surface area (Å²) in [6, 6.07) is -0.581. The van der Waals surface area contributed by atoms with Crippen molar-refractivity contribution in [1.82, 2.24) is 14.9 Å². The van der Waals surface area contributed by atoms with E-state index in [1.807, 2.05) is 4.98 Å². The van der Waals surface area contributed by atoms with E-state index in [9.17, 15) is 58.8 Å². The number of aromatic amines is 1. The second-order valence-electron chi connectivity index (χ2n) is 8.89. The third-order valence-electron chi connectivity index (χ3n) is 6.07. The summed E-state index contributed by atoms with van der Waals surface area (Å²) in [7, 11) is -11.3. The fourth-order valence-corrected chi connectivity index (χ4v) is 6.46. The molecule has 11 atom stereocenters. The zero-order valence-corrected chi connectivity index (χ0v) is 21.9. The number of carbonyl (C=O) groups is 1. The summed E-state index contributed by atoms with van der Waals surface area (Å²) in [5.74, 6) is -1.82. The van der Waals surface area contributed by atoms with Crippen LogP contribution < -0.4 is 21.5 Å². The third-order valence-corrected chi connectivity index (χ3v) is 8.70. The van der Waals surface area contributed by atoms with Crippen molar-refractivity contribution in [1.29, 1.82) is 0 Å². The van der Waals surface area contributed by atoms with Crippen LogP contribution >= 0.6 is 15.6 Å². The quantitative estimate of drug-likeness (QED) is 0.116. The van der Waals surface area contributed by atoms with Gasteiger partial charge < -0.3 is 49.9 Å². The lowest BCUT2D eigenvalue weighted by atomic mass is 9.80. The van der Waals surface area contributed by atoms with Crippen molar-refractivity contribution in [3.63, 3.8) is 0 Å². The molecule has 0 aromatic carbocycles. The molecule has 1 aliphatic carbocycles. The third kappa shape index (κ3) is 7.68. The maximum absolute atomic E-state index is 12.4. The molecule has 1 aliphatic heterocycles. The number of nitrogens with zero attached hydrogens (tertiary/aromatic N) is 1. The molecule has 1 amide bonds. The molecule has 1 aromatic rings. The van der Waals surface area contributed by atoms with E-state index in [0.29, 0.717) is 0 Å². The molecule has 2 heterocycles.